The number of halogens is 1. The first-order valence-electron chi connectivity index (χ1n) is 4.50. The van der Waals surface area contributed by atoms with Crippen molar-refractivity contribution in [1.29, 1.82) is 0 Å². The van der Waals surface area contributed by atoms with Crippen LogP contribution in [0, 0.1) is 5.92 Å². The molecule has 14 heavy (non-hydrogen) atoms. The summed E-state index contributed by atoms with van der Waals surface area (Å²) < 4.78 is 0. The van der Waals surface area contributed by atoms with Crippen LogP contribution in [0.4, 0.5) is 0 Å². The number of hydrogen-bond donors (Lipinski definition) is 1. The quantitative estimate of drug-likeness (QED) is 0.836. The van der Waals surface area contributed by atoms with Crippen LogP contribution in [0.25, 0.3) is 0 Å². The summed E-state index contributed by atoms with van der Waals surface area (Å²) in [7, 11) is 0. The van der Waals surface area contributed by atoms with E-state index in [1.165, 1.54) is 0 Å². The van der Waals surface area contributed by atoms with Gasteiger partial charge in [0.2, 0.25) is 0 Å². The van der Waals surface area contributed by atoms with Crippen molar-refractivity contribution in [3.05, 3.63) is 34.9 Å². The van der Waals surface area contributed by atoms with E-state index in [4.69, 9.17) is 16.7 Å². The number of rotatable bonds is 3. The predicted molar refractivity (Wildman–Crippen MR) is 56.7 cm³/mol. The molecule has 0 radical (unpaired) electrons. The van der Waals surface area contributed by atoms with E-state index in [9.17, 15) is 4.79 Å². The zero-order valence-corrected chi connectivity index (χ0v) is 8.95. The van der Waals surface area contributed by atoms with Crippen LogP contribution < -0.4 is 0 Å². The molecule has 1 rings (SSSR count). The summed E-state index contributed by atoms with van der Waals surface area (Å²) in [5, 5.41) is 9.66. The van der Waals surface area contributed by atoms with Crippen LogP contribution in [0.15, 0.2) is 24.3 Å². The molecule has 2 nitrogen and oxygen atoms in total. The Hall–Kier alpha value is -1.02. The molecule has 0 aliphatic heterocycles. The summed E-state index contributed by atoms with van der Waals surface area (Å²) >= 11 is 5.73. The molecule has 1 N–H and O–H groups in total. The summed E-state index contributed by atoms with van der Waals surface area (Å²) in [5.74, 6) is -1.16. The number of carboxylic acids is 1. The Morgan fingerprint density at radius 2 is 1.79 bits per heavy atom. The third-order valence-corrected chi connectivity index (χ3v) is 2.41. The smallest absolute Gasteiger partial charge is 0.311 e. The first-order chi connectivity index (χ1) is 6.52. The minimum atomic E-state index is -0.790. The molecule has 76 valence electrons. The molecule has 0 saturated carbocycles. The fraction of sp³-hybridized carbons (Fsp3) is 0.364. The number of carboxylic acid groups (broad SMARTS) is 1. The average Bonchev–Trinajstić information content (AvgIpc) is 2.07. The lowest BCUT2D eigenvalue weighted by molar-refractivity contribution is -0.139. The van der Waals surface area contributed by atoms with Gasteiger partial charge >= 0.3 is 5.97 Å². The molecule has 0 aliphatic rings. The van der Waals surface area contributed by atoms with Gasteiger partial charge in [0.15, 0.2) is 0 Å². The summed E-state index contributed by atoms with van der Waals surface area (Å²) in [6.45, 7) is 3.79. The lowest BCUT2D eigenvalue weighted by atomic mass is 9.89. The van der Waals surface area contributed by atoms with Gasteiger partial charge in [0.1, 0.15) is 0 Å². The Bertz CT molecular complexity index is 317. The van der Waals surface area contributed by atoms with Gasteiger partial charge in [0.05, 0.1) is 5.92 Å². The number of aliphatic carboxylic acids is 1. The Morgan fingerprint density at radius 3 is 2.14 bits per heavy atom. The molecule has 1 aromatic carbocycles. The molecule has 3 heteroatoms. The first-order valence-corrected chi connectivity index (χ1v) is 4.88. The Balaban J connectivity index is 3.00. The minimum absolute atomic E-state index is 0.0775. The number of hydrogen-bond acceptors (Lipinski definition) is 1. The minimum Gasteiger partial charge on any atom is -0.481 e. The lowest BCUT2D eigenvalue weighted by Crippen LogP contribution is -2.17. The molecule has 1 atom stereocenters. The second kappa shape index (κ2) is 4.47. The van der Waals surface area contributed by atoms with E-state index in [1.807, 2.05) is 13.8 Å². The molecule has 0 amide bonds. The molecule has 0 aliphatic carbocycles. The van der Waals surface area contributed by atoms with Gasteiger partial charge in [-0.15, -0.1) is 0 Å². The molecule has 0 spiro atoms. The van der Waals surface area contributed by atoms with Gasteiger partial charge in [-0.3, -0.25) is 4.79 Å². The highest BCUT2D eigenvalue weighted by molar-refractivity contribution is 6.30. The van der Waals surface area contributed by atoms with Crippen molar-refractivity contribution in [1.82, 2.24) is 0 Å². The van der Waals surface area contributed by atoms with Crippen molar-refractivity contribution in [2.45, 2.75) is 19.8 Å². The van der Waals surface area contributed by atoms with Gasteiger partial charge in [-0.1, -0.05) is 37.6 Å². The monoisotopic (exact) mass is 212 g/mol. The van der Waals surface area contributed by atoms with Crippen LogP contribution in [0.3, 0.4) is 0 Å². The second-order valence-electron chi connectivity index (χ2n) is 3.61. The predicted octanol–water partition coefficient (Wildman–Crippen LogP) is 3.16. The van der Waals surface area contributed by atoms with Crippen LogP contribution >= 0.6 is 11.6 Å². The standard InChI is InChI=1S/C11H13ClO2/c1-7(2)10(11(13)14)8-3-5-9(12)6-4-8/h3-7,10H,1-2H3,(H,13,14). The lowest BCUT2D eigenvalue weighted by Gasteiger charge is -2.16. The van der Waals surface area contributed by atoms with Crippen molar-refractivity contribution in [3.8, 4) is 0 Å². The van der Waals surface area contributed by atoms with Gasteiger partial charge in [0.25, 0.3) is 0 Å². The van der Waals surface area contributed by atoms with Crippen molar-refractivity contribution in [2.24, 2.45) is 5.92 Å². The maximum absolute atomic E-state index is 11.0. The summed E-state index contributed by atoms with van der Waals surface area (Å²) in [6, 6.07) is 6.96. The molecule has 0 saturated heterocycles. The summed E-state index contributed by atoms with van der Waals surface area (Å²) in [4.78, 5) is 11.0. The average molecular weight is 213 g/mol. The van der Waals surface area contributed by atoms with E-state index in [1.54, 1.807) is 24.3 Å². The summed E-state index contributed by atoms with van der Waals surface area (Å²) in [5.41, 5.74) is 0.803. The molecule has 0 heterocycles. The Morgan fingerprint density at radius 1 is 1.29 bits per heavy atom. The summed E-state index contributed by atoms with van der Waals surface area (Å²) in [6.07, 6.45) is 0. The molecule has 1 aromatic rings. The number of benzene rings is 1. The van der Waals surface area contributed by atoms with E-state index in [0.717, 1.165) is 5.56 Å². The van der Waals surface area contributed by atoms with Gasteiger partial charge in [-0.05, 0) is 23.6 Å². The van der Waals surface area contributed by atoms with E-state index in [2.05, 4.69) is 0 Å². The van der Waals surface area contributed by atoms with Gasteiger partial charge < -0.3 is 5.11 Å². The molecular weight excluding hydrogens is 200 g/mol. The third-order valence-electron chi connectivity index (χ3n) is 2.16. The Labute approximate surface area is 88.5 Å². The maximum Gasteiger partial charge on any atom is 0.311 e. The maximum atomic E-state index is 11.0. The Kier molecular flexibility index (Phi) is 3.53. The van der Waals surface area contributed by atoms with Gasteiger partial charge in [-0.25, -0.2) is 0 Å². The molecule has 0 aromatic heterocycles. The van der Waals surface area contributed by atoms with E-state index < -0.39 is 11.9 Å². The second-order valence-corrected chi connectivity index (χ2v) is 4.05. The van der Waals surface area contributed by atoms with Gasteiger partial charge in [-0.2, -0.15) is 0 Å². The normalized spacial score (nSPS) is 12.9. The zero-order valence-electron chi connectivity index (χ0n) is 8.20. The van der Waals surface area contributed by atoms with Crippen molar-refractivity contribution >= 4 is 17.6 Å². The largest absolute Gasteiger partial charge is 0.481 e. The van der Waals surface area contributed by atoms with E-state index in [-0.39, 0.29) is 5.92 Å². The zero-order chi connectivity index (χ0) is 10.7. The SMILES string of the molecule is CC(C)C(C(=O)O)c1ccc(Cl)cc1. The van der Waals surface area contributed by atoms with Crippen LogP contribution in [-0.2, 0) is 4.79 Å². The molecule has 0 fully saturated rings. The van der Waals surface area contributed by atoms with Crippen LogP contribution in [0.5, 0.6) is 0 Å². The topological polar surface area (TPSA) is 37.3 Å². The fourth-order valence-electron chi connectivity index (χ4n) is 1.48. The van der Waals surface area contributed by atoms with Gasteiger partial charge in [0, 0.05) is 5.02 Å². The van der Waals surface area contributed by atoms with Crippen molar-refractivity contribution < 1.29 is 9.90 Å². The molecule has 0 bridgehead atoms. The highest BCUT2D eigenvalue weighted by atomic mass is 35.5. The van der Waals surface area contributed by atoms with Crippen LogP contribution in [0.1, 0.15) is 25.3 Å². The highest BCUT2D eigenvalue weighted by Crippen LogP contribution is 2.25. The van der Waals surface area contributed by atoms with E-state index in [0.29, 0.717) is 5.02 Å². The van der Waals surface area contributed by atoms with Crippen molar-refractivity contribution in [2.75, 3.05) is 0 Å². The molecule has 1 unspecified atom stereocenters. The van der Waals surface area contributed by atoms with Crippen LogP contribution in [-0.4, -0.2) is 11.1 Å². The fourth-order valence-corrected chi connectivity index (χ4v) is 1.61. The third kappa shape index (κ3) is 2.48. The highest BCUT2D eigenvalue weighted by Gasteiger charge is 2.22. The van der Waals surface area contributed by atoms with Crippen LogP contribution in [0.2, 0.25) is 5.02 Å². The van der Waals surface area contributed by atoms with Crippen molar-refractivity contribution in [3.63, 3.8) is 0 Å². The number of carbonyl (C=O) groups is 1. The first kappa shape index (κ1) is 11.1. The molecular formula is C11H13ClO2. The van der Waals surface area contributed by atoms with E-state index >= 15 is 0 Å².